The third kappa shape index (κ3) is 6.09. The van der Waals surface area contributed by atoms with Gasteiger partial charge in [-0.2, -0.15) is 0 Å². The van der Waals surface area contributed by atoms with Crippen LogP contribution in [0.5, 0.6) is 0 Å². The van der Waals surface area contributed by atoms with Crippen molar-refractivity contribution < 1.29 is 0 Å². The van der Waals surface area contributed by atoms with Crippen LogP contribution < -0.4 is 0 Å². The van der Waals surface area contributed by atoms with Crippen LogP contribution in [0.25, 0.3) is 111 Å². The van der Waals surface area contributed by atoms with Crippen molar-refractivity contribution >= 4 is 32.3 Å². The summed E-state index contributed by atoms with van der Waals surface area (Å²) in [5.41, 5.74) is 17.3. The predicted molar refractivity (Wildman–Crippen MR) is 265 cm³/mol. The molecule has 2 nitrogen and oxygen atoms in total. The summed E-state index contributed by atoms with van der Waals surface area (Å²) in [6, 6.07) is 79.0. The normalized spacial score (nSPS) is 12.7. The Morgan fingerprint density at radius 3 is 1.68 bits per heavy atom. The van der Waals surface area contributed by atoms with Crippen molar-refractivity contribution in [2.45, 2.75) is 19.3 Å². The summed E-state index contributed by atoms with van der Waals surface area (Å²) < 4.78 is 0. The van der Waals surface area contributed by atoms with Gasteiger partial charge in [0.1, 0.15) is 0 Å². The van der Waals surface area contributed by atoms with E-state index in [-0.39, 0.29) is 5.41 Å². The number of hydrogen-bond acceptors (Lipinski definition) is 2. The van der Waals surface area contributed by atoms with Crippen LogP contribution in [-0.2, 0) is 5.41 Å². The van der Waals surface area contributed by atoms with Gasteiger partial charge in [-0.3, -0.25) is 0 Å². The fourth-order valence-corrected chi connectivity index (χ4v) is 10.2. The van der Waals surface area contributed by atoms with Crippen molar-refractivity contribution in [2.24, 2.45) is 0 Å². The van der Waals surface area contributed by atoms with Crippen LogP contribution >= 0.6 is 0 Å². The smallest absolute Gasteiger partial charge is 0.160 e. The van der Waals surface area contributed by atoms with Gasteiger partial charge in [0, 0.05) is 22.1 Å². The van der Waals surface area contributed by atoms with Crippen molar-refractivity contribution in [2.75, 3.05) is 0 Å². The maximum absolute atomic E-state index is 5.35. The fraction of sp³-hybridized carbons (Fsp3) is 0.0492. The van der Waals surface area contributed by atoms with E-state index in [1.807, 2.05) is 0 Å². The first-order valence-electron chi connectivity index (χ1n) is 21.8. The number of fused-ring (bicyclic) bond motifs is 7. The van der Waals surface area contributed by atoms with Gasteiger partial charge < -0.3 is 0 Å². The second-order valence-corrected chi connectivity index (χ2v) is 17.3. The van der Waals surface area contributed by atoms with Crippen molar-refractivity contribution in [1.29, 1.82) is 0 Å². The number of nitrogens with zero attached hydrogens (tertiary/aromatic N) is 2. The fourth-order valence-electron chi connectivity index (χ4n) is 10.2. The van der Waals surface area contributed by atoms with Gasteiger partial charge in [0.2, 0.25) is 0 Å². The number of hydrogen-bond donors (Lipinski definition) is 0. The van der Waals surface area contributed by atoms with Crippen LogP contribution in [0.2, 0.25) is 0 Å². The molecule has 0 atom stereocenters. The van der Waals surface area contributed by atoms with E-state index in [9.17, 15) is 0 Å². The second kappa shape index (κ2) is 14.6. The Hall–Kier alpha value is -7.94. The van der Waals surface area contributed by atoms with E-state index in [2.05, 4.69) is 232 Å². The van der Waals surface area contributed by atoms with Crippen LogP contribution in [-0.4, -0.2) is 9.97 Å². The standard InChI is InChI=1S/C61H42N2/c1-61(2)54-25-13-12-23-52(54)59-48(24-14-26-55(59)61)41-27-29-42(30-28-41)56-38-57(50-22-11-10-19-46(50)39-15-4-3-5-16-39)63-60(62-56)44-33-31-43(32-34-44)58-49-21-9-7-18-45(49)37-53-47-20-8-6-17-40(47)35-36-51(53)58/h3-38H,1-2H3. The molecule has 0 spiro atoms. The molecule has 1 aliphatic carbocycles. The number of benzene rings is 10. The van der Waals surface area contributed by atoms with E-state index in [4.69, 9.17) is 9.97 Å². The van der Waals surface area contributed by atoms with E-state index in [1.165, 1.54) is 71.3 Å². The zero-order chi connectivity index (χ0) is 42.1. The van der Waals surface area contributed by atoms with Gasteiger partial charge in [0.25, 0.3) is 0 Å². The van der Waals surface area contributed by atoms with Gasteiger partial charge in [-0.1, -0.05) is 220 Å². The molecular weight excluding hydrogens is 761 g/mol. The molecule has 2 heteroatoms. The summed E-state index contributed by atoms with van der Waals surface area (Å²) in [4.78, 5) is 10.7. The molecule has 12 rings (SSSR count). The summed E-state index contributed by atoms with van der Waals surface area (Å²) in [5.74, 6) is 0.689. The number of rotatable bonds is 6. The summed E-state index contributed by atoms with van der Waals surface area (Å²) in [6.07, 6.45) is 0. The first-order chi connectivity index (χ1) is 31.0. The van der Waals surface area contributed by atoms with E-state index in [1.54, 1.807) is 0 Å². The largest absolute Gasteiger partial charge is 0.228 e. The average Bonchev–Trinajstić information content (AvgIpc) is 3.59. The summed E-state index contributed by atoms with van der Waals surface area (Å²) >= 11 is 0. The minimum absolute atomic E-state index is 0.0541. The quantitative estimate of drug-likeness (QED) is 0.124. The molecule has 0 fully saturated rings. The van der Waals surface area contributed by atoms with Crippen LogP contribution in [0.1, 0.15) is 25.0 Å². The second-order valence-electron chi connectivity index (χ2n) is 17.3. The average molecular weight is 803 g/mol. The Labute approximate surface area is 367 Å². The zero-order valence-corrected chi connectivity index (χ0v) is 35.2. The Bertz CT molecular complexity index is 3560. The lowest BCUT2D eigenvalue weighted by Gasteiger charge is -2.21. The van der Waals surface area contributed by atoms with Crippen LogP contribution in [0, 0.1) is 0 Å². The SMILES string of the molecule is CC1(C)c2ccccc2-c2c(-c3ccc(-c4cc(-c5ccccc5-c5ccccc5)nc(-c5ccc(-c6c7ccccc7cc7c6ccc6ccccc67)cc5)n4)cc3)cccc21. The molecule has 0 unspecified atom stereocenters. The molecule has 296 valence electrons. The molecule has 0 amide bonds. The molecule has 0 radical (unpaired) electrons. The minimum atomic E-state index is -0.0541. The van der Waals surface area contributed by atoms with Crippen LogP contribution in [0.4, 0.5) is 0 Å². The highest BCUT2D eigenvalue weighted by atomic mass is 14.9. The molecule has 0 saturated heterocycles. The molecule has 63 heavy (non-hydrogen) atoms. The third-order valence-corrected chi connectivity index (χ3v) is 13.3. The molecule has 0 saturated carbocycles. The lowest BCUT2D eigenvalue weighted by Crippen LogP contribution is -2.14. The highest BCUT2D eigenvalue weighted by molar-refractivity contribution is 6.20. The maximum atomic E-state index is 5.35. The Balaban J connectivity index is 0.992. The molecule has 10 aromatic carbocycles. The van der Waals surface area contributed by atoms with Crippen LogP contribution in [0.15, 0.2) is 218 Å². The summed E-state index contributed by atoms with van der Waals surface area (Å²) in [5, 5.41) is 7.49. The first kappa shape index (κ1) is 36.9. The molecular formula is C61H42N2. The third-order valence-electron chi connectivity index (χ3n) is 13.3. The van der Waals surface area contributed by atoms with E-state index in [0.29, 0.717) is 5.82 Å². The van der Waals surface area contributed by atoms with Crippen molar-refractivity contribution in [3.05, 3.63) is 230 Å². The van der Waals surface area contributed by atoms with E-state index < -0.39 is 0 Å². The summed E-state index contributed by atoms with van der Waals surface area (Å²) in [7, 11) is 0. The predicted octanol–water partition coefficient (Wildman–Crippen LogP) is 16.2. The Morgan fingerprint density at radius 1 is 0.302 bits per heavy atom. The van der Waals surface area contributed by atoms with E-state index in [0.717, 1.165) is 44.8 Å². The minimum Gasteiger partial charge on any atom is -0.228 e. The molecule has 0 aliphatic heterocycles. The molecule has 0 bridgehead atoms. The molecule has 1 aromatic heterocycles. The van der Waals surface area contributed by atoms with Gasteiger partial charge in [0.05, 0.1) is 11.4 Å². The zero-order valence-electron chi connectivity index (χ0n) is 35.2. The van der Waals surface area contributed by atoms with Crippen molar-refractivity contribution in [1.82, 2.24) is 9.97 Å². The monoisotopic (exact) mass is 802 g/mol. The Kier molecular flexibility index (Phi) is 8.55. The lowest BCUT2D eigenvalue weighted by atomic mass is 9.82. The number of aromatic nitrogens is 2. The van der Waals surface area contributed by atoms with Gasteiger partial charge in [-0.05, 0) is 100 Å². The maximum Gasteiger partial charge on any atom is 0.160 e. The molecule has 11 aromatic rings. The Morgan fingerprint density at radius 2 is 0.873 bits per heavy atom. The molecule has 1 aliphatic rings. The van der Waals surface area contributed by atoms with Gasteiger partial charge in [-0.25, -0.2) is 9.97 Å². The van der Waals surface area contributed by atoms with Gasteiger partial charge in [0.15, 0.2) is 5.82 Å². The molecule has 0 N–H and O–H groups in total. The first-order valence-corrected chi connectivity index (χ1v) is 21.8. The topological polar surface area (TPSA) is 25.8 Å². The van der Waals surface area contributed by atoms with Gasteiger partial charge >= 0.3 is 0 Å². The van der Waals surface area contributed by atoms with Crippen molar-refractivity contribution in [3.63, 3.8) is 0 Å². The lowest BCUT2D eigenvalue weighted by molar-refractivity contribution is 0.660. The highest BCUT2D eigenvalue weighted by Gasteiger charge is 2.36. The van der Waals surface area contributed by atoms with E-state index >= 15 is 0 Å². The van der Waals surface area contributed by atoms with Crippen molar-refractivity contribution in [3.8, 4) is 78.4 Å². The summed E-state index contributed by atoms with van der Waals surface area (Å²) in [6.45, 7) is 4.68. The highest BCUT2D eigenvalue weighted by Crippen LogP contribution is 2.52. The van der Waals surface area contributed by atoms with Crippen LogP contribution in [0.3, 0.4) is 0 Å². The van der Waals surface area contributed by atoms with Gasteiger partial charge in [-0.15, -0.1) is 0 Å². The molecule has 1 heterocycles.